The maximum atomic E-state index is 12.9. The van der Waals surface area contributed by atoms with Crippen molar-refractivity contribution in [1.29, 1.82) is 0 Å². The number of carbonyl (C=O) groups excluding carboxylic acids is 3. The molecule has 0 unspecified atom stereocenters. The zero-order chi connectivity index (χ0) is 17.3. The molecule has 3 aliphatic heterocycles. The number of fused-ring (bicyclic) bond motifs is 2. The van der Waals surface area contributed by atoms with Crippen molar-refractivity contribution in [1.82, 2.24) is 9.80 Å². The Morgan fingerprint density at radius 3 is 2.25 bits per heavy atom. The molecule has 3 heterocycles. The van der Waals surface area contributed by atoms with Crippen LogP contribution in [0.3, 0.4) is 0 Å². The lowest BCUT2D eigenvalue weighted by molar-refractivity contribution is -0.172. The van der Waals surface area contributed by atoms with Crippen molar-refractivity contribution in [3.8, 4) is 0 Å². The van der Waals surface area contributed by atoms with E-state index in [-0.39, 0.29) is 18.1 Å². The highest BCUT2D eigenvalue weighted by atomic mass is 16.7. The second-order valence-electron chi connectivity index (χ2n) is 6.69. The minimum atomic E-state index is -0.605. The number of ether oxygens (including phenoxy) is 3. The lowest BCUT2D eigenvalue weighted by Crippen LogP contribution is -2.52. The molecular weight excluding hydrogens is 316 g/mol. The zero-order valence-corrected chi connectivity index (χ0v) is 14.1. The third-order valence-electron chi connectivity index (χ3n) is 5.11. The topological polar surface area (TPSA) is 85.4 Å². The van der Waals surface area contributed by atoms with Gasteiger partial charge >= 0.3 is 11.9 Å². The van der Waals surface area contributed by atoms with Crippen LogP contribution in [0.25, 0.3) is 0 Å². The van der Waals surface area contributed by atoms with Gasteiger partial charge in [-0.05, 0) is 19.9 Å². The number of amides is 1. The van der Waals surface area contributed by atoms with E-state index in [0.29, 0.717) is 13.1 Å². The number of piperazine rings is 1. The van der Waals surface area contributed by atoms with Crippen molar-refractivity contribution >= 4 is 17.8 Å². The van der Waals surface area contributed by atoms with E-state index in [4.69, 9.17) is 9.47 Å². The molecule has 3 rings (SSSR count). The standard InChI is InChI=1S/C16H24N2O6/c1-10(19)22-9-23-16(21)14-12-4-3-11(24-12)13(14)15(20)18-7-5-17(2)6-8-18/h11-14H,3-9H2,1-2H3/t11-,12+,13-,14+/m0/s1. The molecule has 134 valence electrons. The highest BCUT2D eigenvalue weighted by molar-refractivity contribution is 5.87. The Morgan fingerprint density at radius 1 is 1.00 bits per heavy atom. The van der Waals surface area contributed by atoms with Crippen LogP contribution in [0.4, 0.5) is 0 Å². The van der Waals surface area contributed by atoms with E-state index >= 15 is 0 Å². The highest BCUT2D eigenvalue weighted by Gasteiger charge is 2.57. The predicted molar refractivity (Wildman–Crippen MR) is 81.7 cm³/mol. The molecule has 0 saturated carbocycles. The normalized spacial score (nSPS) is 32.7. The van der Waals surface area contributed by atoms with Gasteiger partial charge in [0.25, 0.3) is 0 Å². The van der Waals surface area contributed by atoms with Crippen molar-refractivity contribution < 1.29 is 28.6 Å². The van der Waals surface area contributed by atoms with Crippen LogP contribution in [-0.4, -0.2) is 79.9 Å². The maximum absolute atomic E-state index is 12.9. The minimum absolute atomic E-state index is 0.0234. The molecule has 0 aromatic carbocycles. The van der Waals surface area contributed by atoms with Crippen LogP contribution in [0.5, 0.6) is 0 Å². The Bertz CT molecular complexity index is 517. The largest absolute Gasteiger partial charge is 0.428 e. The van der Waals surface area contributed by atoms with Gasteiger partial charge in [0.2, 0.25) is 12.7 Å². The molecular formula is C16H24N2O6. The molecule has 0 aromatic heterocycles. The number of hydrogen-bond donors (Lipinski definition) is 0. The van der Waals surface area contributed by atoms with Gasteiger partial charge < -0.3 is 24.0 Å². The van der Waals surface area contributed by atoms with Gasteiger partial charge in [-0.2, -0.15) is 0 Å². The molecule has 1 amide bonds. The molecule has 3 fully saturated rings. The molecule has 2 bridgehead atoms. The van der Waals surface area contributed by atoms with E-state index in [2.05, 4.69) is 9.64 Å². The smallest absolute Gasteiger partial charge is 0.315 e. The highest BCUT2D eigenvalue weighted by Crippen LogP contribution is 2.45. The van der Waals surface area contributed by atoms with Crippen LogP contribution in [-0.2, 0) is 28.6 Å². The lowest BCUT2D eigenvalue weighted by atomic mass is 9.78. The van der Waals surface area contributed by atoms with E-state index in [0.717, 1.165) is 25.9 Å². The predicted octanol–water partition coefficient (Wildman–Crippen LogP) is -0.382. The van der Waals surface area contributed by atoms with Gasteiger partial charge in [0.15, 0.2) is 0 Å². The molecule has 8 nitrogen and oxygen atoms in total. The molecule has 3 aliphatic rings. The summed E-state index contributed by atoms with van der Waals surface area (Å²) in [5.41, 5.74) is 0. The van der Waals surface area contributed by atoms with E-state index in [9.17, 15) is 14.4 Å². The first-order valence-electron chi connectivity index (χ1n) is 8.40. The fourth-order valence-corrected chi connectivity index (χ4v) is 3.80. The van der Waals surface area contributed by atoms with Gasteiger partial charge in [-0.25, -0.2) is 0 Å². The quantitative estimate of drug-likeness (QED) is 0.509. The average Bonchev–Trinajstić information content (AvgIpc) is 3.15. The van der Waals surface area contributed by atoms with Gasteiger partial charge in [0, 0.05) is 33.1 Å². The maximum Gasteiger partial charge on any atom is 0.315 e. The van der Waals surface area contributed by atoms with Crippen LogP contribution in [0, 0.1) is 11.8 Å². The van der Waals surface area contributed by atoms with Crippen molar-refractivity contribution in [3.63, 3.8) is 0 Å². The molecule has 0 radical (unpaired) electrons. The molecule has 8 heteroatoms. The van der Waals surface area contributed by atoms with Gasteiger partial charge in [-0.15, -0.1) is 0 Å². The average molecular weight is 340 g/mol. The third kappa shape index (κ3) is 3.39. The Morgan fingerprint density at radius 2 is 1.62 bits per heavy atom. The Hall–Kier alpha value is -1.67. The van der Waals surface area contributed by atoms with E-state index in [1.807, 2.05) is 11.9 Å². The zero-order valence-electron chi connectivity index (χ0n) is 14.1. The second kappa shape index (κ2) is 7.06. The monoisotopic (exact) mass is 340 g/mol. The first-order chi connectivity index (χ1) is 11.5. The first kappa shape index (κ1) is 17.2. The van der Waals surface area contributed by atoms with Crippen LogP contribution in [0.15, 0.2) is 0 Å². The number of carbonyl (C=O) groups is 3. The number of hydrogen-bond acceptors (Lipinski definition) is 7. The van der Waals surface area contributed by atoms with Crippen LogP contribution >= 0.6 is 0 Å². The number of likely N-dealkylation sites (N-methyl/N-ethyl adjacent to an activating group) is 1. The molecule has 0 N–H and O–H groups in total. The Balaban J connectivity index is 1.65. The van der Waals surface area contributed by atoms with Crippen LogP contribution in [0.2, 0.25) is 0 Å². The molecule has 4 atom stereocenters. The summed E-state index contributed by atoms with van der Waals surface area (Å²) in [7, 11) is 2.03. The minimum Gasteiger partial charge on any atom is -0.428 e. The molecule has 24 heavy (non-hydrogen) atoms. The second-order valence-corrected chi connectivity index (χ2v) is 6.69. The Kier molecular flexibility index (Phi) is 5.05. The lowest BCUT2D eigenvalue weighted by Gasteiger charge is -2.36. The number of nitrogens with zero attached hydrogens (tertiary/aromatic N) is 2. The third-order valence-corrected chi connectivity index (χ3v) is 5.11. The SMILES string of the molecule is CC(=O)OCOC(=O)[C@H]1[C@@H](C(=O)N2CCN(C)CC2)[C@@H]2CC[C@H]1O2. The summed E-state index contributed by atoms with van der Waals surface area (Å²) < 4.78 is 15.5. The fourth-order valence-electron chi connectivity index (χ4n) is 3.80. The summed E-state index contributed by atoms with van der Waals surface area (Å²) in [6.45, 7) is 3.81. The van der Waals surface area contributed by atoms with Gasteiger partial charge in [0.05, 0.1) is 24.0 Å². The van der Waals surface area contributed by atoms with E-state index < -0.39 is 30.6 Å². The van der Waals surface area contributed by atoms with Gasteiger partial charge in [-0.1, -0.05) is 0 Å². The number of esters is 2. The summed E-state index contributed by atoms with van der Waals surface area (Å²) >= 11 is 0. The van der Waals surface area contributed by atoms with Crippen molar-refractivity contribution in [2.24, 2.45) is 11.8 Å². The van der Waals surface area contributed by atoms with Crippen molar-refractivity contribution in [3.05, 3.63) is 0 Å². The first-order valence-corrected chi connectivity index (χ1v) is 8.40. The van der Waals surface area contributed by atoms with Crippen LogP contribution in [0.1, 0.15) is 19.8 Å². The molecule has 0 aromatic rings. The van der Waals surface area contributed by atoms with Crippen molar-refractivity contribution in [2.45, 2.75) is 32.0 Å². The van der Waals surface area contributed by atoms with E-state index in [1.54, 1.807) is 0 Å². The molecule has 0 aliphatic carbocycles. The van der Waals surface area contributed by atoms with Crippen molar-refractivity contribution in [2.75, 3.05) is 40.0 Å². The summed E-state index contributed by atoms with van der Waals surface area (Å²) in [5.74, 6) is -2.15. The summed E-state index contributed by atoms with van der Waals surface area (Å²) in [6, 6.07) is 0. The summed E-state index contributed by atoms with van der Waals surface area (Å²) in [5, 5.41) is 0. The van der Waals surface area contributed by atoms with Gasteiger partial charge in [0.1, 0.15) is 0 Å². The molecule has 0 spiro atoms. The molecule has 3 saturated heterocycles. The summed E-state index contributed by atoms with van der Waals surface area (Å²) in [6.07, 6.45) is 1.06. The number of rotatable bonds is 4. The Labute approximate surface area is 141 Å². The summed E-state index contributed by atoms with van der Waals surface area (Å²) in [4.78, 5) is 40.1. The fraction of sp³-hybridized carbons (Fsp3) is 0.812. The van der Waals surface area contributed by atoms with Crippen LogP contribution < -0.4 is 0 Å². The van der Waals surface area contributed by atoms with E-state index in [1.165, 1.54) is 6.92 Å². The van der Waals surface area contributed by atoms with Gasteiger partial charge in [-0.3, -0.25) is 14.4 Å².